The van der Waals surface area contributed by atoms with Crippen LogP contribution in [-0.4, -0.2) is 39.9 Å². The number of β-amino-alcohol motifs (C(OH)–C–C–N with tert-alkyl or cyclic N) is 1. The fourth-order valence-corrected chi connectivity index (χ4v) is 1.70. The summed E-state index contributed by atoms with van der Waals surface area (Å²) in [5, 5.41) is 9.30. The van der Waals surface area contributed by atoms with Gasteiger partial charge in [0.2, 0.25) is 5.91 Å². The van der Waals surface area contributed by atoms with Gasteiger partial charge in [-0.15, -0.1) is 0 Å². The second kappa shape index (κ2) is 4.23. The number of likely N-dealkylation sites (tertiary alicyclic amines) is 1. The van der Waals surface area contributed by atoms with Crippen molar-refractivity contribution in [2.24, 2.45) is 0 Å². The third-order valence-corrected chi connectivity index (χ3v) is 2.44. The fourth-order valence-electron chi connectivity index (χ4n) is 1.41. The highest BCUT2D eigenvalue weighted by Gasteiger charge is 2.23. The van der Waals surface area contributed by atoms with E-state index in [2.05, 4.69) is 15.9 Å². The highest BCUT2D eigenvalue weighted by atomic mass is 79.9. The lowest BCUT2D eigenvalue weighted by molar-refractivity contribution is -0.133. The van der Waals surface area contributed by atoms with Crippen molar-refractivity contribution in [1.29, 1.82) is 0 Å². The highest BCUT2D eigenvalue weighted by Crippen LogP contribution is 2.13. The zero-order valence-corrected chi connectivity index (χ0v) is 8.75. The number of aliphatic hydroxyl groups excluding tert-OH is 1. The Hall–Kier alpha value is -0.0900. The van der Waals surface area contributed by atoms with Crippen LogP contribution in [0.1, 0.15) is 19.8 Å². The maximum Gasteiger partial charge on any atom is 0.236 e. The lowest BCUT2D eigenvalue weighted by Crippen LogP contribution is -2.44. The number of hydrogen-bond donors (Lipinski definition) is 1. The van der Waals surface area contributed by atoms with Crippen molar-refractivity contribution in [2.45, 2.75) is 30.7 Å². The summed E-state index contributed by atoms with van der Waals surface area (Å²) in [5.74, 6) is 0.0775. The van der Waals surface area contributed by atoms with Crippen LogP contribution < -0.4 is 0 Å². The average Bonchev–Trinajstić information content (AvgIpc) is 2.03. The second-order valence-electron chi connectivity index (χ2n) is 3.20. The van der Waals surface area contributed by atoms with E-state index < -0.39 is 0 Å². The van der Waals surface area contributed by atoms with Gasteiger partial charge in [-0.05, 0) is 19.8 Å². The number of hydrogen-bond acceptors (Lipinski definition) is 2. The molecule has 2 unspecified atom stereocenters. The molecule has 0 aromatic heterocycles. The Kier molecular flexibility index (Phi) is 3.53. The Morgan fingerprint density at radius 2 is 2.42 bits per heavy atom. The smallest absolute Gasteiger partial charge is 0.236 e. The number of carbonyl (C=O) groups is 1. The van der Waals surface area contributed by atoms with Gasteiger partial charge in [0.1, 0.15) is 0 Å². The lowest BCUT2D eigenvalue weighted by atomic mass is 10.1. The van der Waals surface area contributed by atoms with Crippen molar-refractivity contribution in [3.05, 3.63) is 0 Å². The molecule has 1 heterocycles. The summed E-state index contributed by atoms with van der Waals surface area (Å²) in [6, 6.07) is 0. The number of halogens is 1. The SMILES string of the molecule is CC(Br)C(=O)N1CCCC(O)C1. The minimum Gasteiger partial charge on any atom is -0.391 e. The number of nitrogens with zero attached hydrogens (tertiary/aromatic N) is 1. The van der Waals surface area contributed by atoms with Crippen LogP contribution in [0.5, 0.6) is 0 Å². The van der Waals surface area contributed by atoms with Gasteiger partial charge in [-0.25, -0.2) is 0 Å². The average molecular weight is 236 g/mol. The summed E-state index contributed by atoms with van der Waals surface area (Å²) in [6.07, 6.45) is 1.40. The number of aliphatic hydroxyl groups is 1. The third-order valence-electron chi connectivity index (χ3n) is 2.05. The van der Waals surface area contributed by atoms with Crippen LogP contribution in [0.15, 0.2) is 0 Å². The Balaban J connectivity index is 2.46. The molecule has 2 atom stereocenters. The molecule has 3 nitrogen and oxygen atoms in total. The molecule has 0 bridgehead atoms. The molecule has 12 heavy (non-hydrogen) atoms. The molecule has 0 aromatic carbocycles. The van der Waals surface area contributed by atoms with E-state index in [9.17, 15) is 9.90 Å². The first-order chi connectivity index (χ1) is 5.61. The molecule has 0 aliphatic carbocycles. The summed E-state index contributed by atoms with van der Waals surface area (Å²) < 4.78 is 0. The van der Waals surface area contributed by atoms with E-state index in [1.807, 2.05) is 6.92 Å². The van der Waals surface area contributed by atoms with Gasteiger partial charge in [0.25, 0.3) is 0 Å². The Labute approximate surface area is 80.9 Å². The molecular formula is C8H14BrNO2. The molecule has 1 fully saturated rings. The number of carbonyl (C=O) groups excluding carboxylic acids is 1. The summed E-state index contributed by atoms with van der Waals surface area (Å²) in [6.45, 7) is 3.09. The maximum absolute atomic E-state index is 11.4. The van der Waals surface area contributed by atoms with Gasteiger partial charge in [0.05, 0.1) is 10.9 Å². The number of amides is 1. The van der Waals surface area contributed by atoms with E-state index in [0.29, 0.717) is 6.54 Å². The number of rotatable bonds is 1. The minimum atomic E-state index is -0.325. The molecule has 0 radical (unpaired) electrons. The molecule has 1 rings (SSSR count). The number of alkyl halides is 1. The van der Waals surface area contributed by atoms with Crippen molar-refractivity contribution in [2.75, 3.05) is 13.1 Å². The van der Waals surface area contributed by atoms with Crippen molar-refractivity contribution in [3.8, 4) is 0 Å². The van der Waals surface area contributed by atoms with Crippen molar-refractivity contribution < 1.29 is 9.90 Å². The summed E-state index contributed by atoms with van der Waals surface area (Å²) >= 11 is 3.22. The van der Waals surface area contributed by atoms with Crippen LogP contribution in [-0.2, 0) is 4.79 Å². The van der Waals surface area contributed by atoms with Gasteiger partial charge in [0, 0.05) is 13.1 Å². The van der Waals surface area contributed by atoms with Crippen LogP contribution in [0, 0.1) is 0 Å². The standard InChI is InChI=1S/C8H14BrNO2/c1-6(9)8(12)10-4-2-3-7(11)5-10/h6-7,11H,2-5H2,1H3. The lowest BCUT2D eigenvalue weighted by Gasteiger charge is -2.30. The molecule has 0 saturated carbocycles. The van der Waals surface area contributed by atoms with Crippen molar-refractivity contribution in [3.63, 3.8) is 0 Å². The molecule has 1 N–H and O–H groups in total. The quantitative estimate of drug-likeness (QED) is 0.682. The molecule has 1 aliphatic heterocycles. The zero-order valence-electron chi connectivity index (χ0n) is 7.16. The first kappa shape index (κ1) is 9.99. The van der Waals surface area contributed by atoms with Gasteiger partial charge < -0.3 is 10.0 Å². The fraction of sp³-hybridized carbons (Fsp3) is 0.875. The summed E-state index contributed by atoms with van der Waals surface area (Å²) in [4.78, 5) is 13.0. The zero-order chi connectivity index (χ0) is 9.14. The number of piperidine rings is 1. The van der Waals surface area contributed by atoms with Gasteiger partial charge in [0.15, 0.2) is 0 Å². The van der Waals surface area contributed by atoms with Crippen molar-refractivity contribution in [1.82, 2.24) is 4.90 Å². The predicted molar refractivity (Wildman–Crippen MR) is 50.2 cm³/mol. The third kappa shape index (κ3) is 2.45. The molecule has 70 valence electrons. The molecule has 0 aromatic rings. The molecule has 0 spiro atoms. The van der Waals surface area contributed by atoms with Crippen LogP contribution in [0.3, 0.4) is 0 Å². The van der Waals surface area contributed by atoms with E-state index >= 15 is 0 Å². The molecule has 4 heteroatoms. The van der Waals surface area contributed by atoms with Gasteiger partial charge >= 0.3 is 0 Å². The summed E-state index contributed by atoms with van der Waals surface area (Å²) in [7, 11) is 0. The van der Waals surface area contributed by atoms with Crippen LogP contribution >= 0.6 is 15.9 Å². The Morgan fingerprint density at radius 3 is 2.92 bits per heavy atom. The first-order valence-corrected chi connectivity index (χ1v) is 5.13. The molecule has 1 saturated heterocycles. The molecular weight excluding hydrogens is 222 g/mol. The van der Waals surface area contributed by atoms with Gasteiger partial charge in [-0.2, -0.15) is 0 Å². The van der Waals surface area contributed by atoms with Crippen LogP contribution in [0.25, 0.3) is 0 Å². The maximum atomic E-state index is 11.4. The monoisotopic (exact) mass is 235 g/mol. The van der Waals surface area contributed by atoms with E-state index in [0.717, 1.165) is 19.4 Å². The van der Waals surface area contributed by atoms with Crippen LogP contribution in [0.2, 0.25) is 0 Å². The molecule has 1 aliphatic rings. The molecule has 1 amide bonds. The van der Waals surface area contributed by atoms with E-state index in [-0.39, 0.29) is 16.8 Å². The van der Waals surface area contributed by atoms with Crippen molar-refractivity contribution >= 4 is 21.8 Å². The Bertz CT molecular complexity index is 172. The van der Waals surface area contributed by atoms with Gasteiger partial charge in [-0.1, -0.05) is 15.9 Å². The highest BCUT2D eigenvalue weighted by molar-refractivity contribution is 9.10. The largest absolute Gasteiger partial charge is 0.391 e. The minimum absolute atomic E-state index is 0.0775. The topological polar surface area (TPSA) is 40.5 Å². The summed E-state index contributed by atoms with van der Waals surface area (Å²) in [5.41, 5.74) is 0. The normalized spacial score (nSPS) is 26.9. The van der Waals surface area contributed by atoms with E-state index in [1.165, 1.54) is 0 Å². The van der Waals surface area contributed by atoms with E-state index in [4.69, 9.17) is 0 Å². The predicted octanol–water partition coefficient (Wildman–Crippen LogP) is 0.753. The first-order valence-electron chi connectivity index (χ1n) is 4.22. The second-order valence-corrected chi connectivity index (χ2v) is 4.57. The Morgan fingerprint density at radius 1 is 1.75 bits per heavy atom. The van der Waals surface area contributed by atoms with E-state index in [1.54, 1.807) is 4.90 Å². The van der Waals surface area contributed by atoms with Crippen LogP contribution in [0.4, 0.5) is 0 Å². The van der Waals surface area contributed by atoms with Gasteiger partial charge in [-0.3, -0.25) is 4.79 Å².